The van der Waals surface area contributed by atoms with Crippen molar-refractivity contribution >= 4 is 11.6 Å². The van der Waals surface area contributed by atoms with Gasteiger partial charge in [-0.1, -0.05) is 18.2 Å². The van der Waals surface area contributed by atoms with E-state index in [4.69, 9.17) is 4.74 Å². The summed E-state index contributed by atoms with van der Waals surface area (Å²) in [7, 11) is 1.54. The summed E-state index contributed by atoms with van der Waals surface area (Å²) in [6.45, 7) is 6.46. The van der Waals surface area contributed by atoms with Crippen LogP contribution in [0.3, 0.4) is 0 Å². The summed E-state index contributed by atoms with van der Waals surface area (Å²) < 4.78 is 4.96. The average molecular weight is 264 g/mol. The second-order valence-corrected chi connectivity index (χ2v) is 4.44. The molecule has 1 N–H and O–H groups in total. The highest BCUT2D eigenvalue weighted by atomic mass is 16.5. The number of anilines is 1. The van der Waals surface area contributed by atoms with E-state index in [1.54, 1.807) is 14.0 Å². The van der Waals surface area contributed by atoms with E-state index in [1.165, 1.54) is 5.69 Å². The topological polar surface area (TPSA) is 41.6 Å². The zero-order chi connectivity index (χ0) is 14.1. The predicted octanol–water partition coefficient (Wildman–Crippen LogP) is 2.05. The first kappa shape index (κ1) is 15.5. The zero-order valence-electron chi connectivity index (χ0n) is 12.1. The molecular weight excluding hydrogens is 240 g/mol. The number of benzene rings is 1. The maximum absolute atomic E-state index is 11.5. The van der Waals surface area contributed by atoms with Crippen molar-refractivity contribution in [1.82, 2.24) is 5.32 Å². The van der Waals surface area contributed by atoms with Gasteiger partial charge in [0, 0.05) is 32.4 Å². The number of amides is 1. The van der Waals surface area contributed by atoms with E-state index in [-0.39, 0.29) is 12.0 Å². The number of methoxy groups -OCH3 is 1. The Morgan fingerprint density at radius 2 is 2.05 bits per heavy atom. The van der Waals surface area contributed by atoms with E-state index in [2.05, 4.69) is 29.3 Å². The van der Waals surface area contributed by atoms with Gasteiger partial charge < -0.3 is 15.0 Å². The van der Waals surface area contributed by atoms with Gasteiger partial charge in [-0.2, -0.15) is 0 Å². The molecule has 0 aliphatic carbocycles. The van der Waals surface area contributed by atoms with E-state index < -0.39 is 0 Å². The predicted molar refractivity (Wildman–Crippen MR) is 78.4 cm³/mol. The molecule has 106 valence electrons. The molecule has 1 atom stereocenters. The standard InChI is InChI=1S/C15H24N2O2/c1-4-17(14-9-6-5-7-10-14)12-8-11-16-15(18)13(2)19-3/h5-7,9-10,13H,4,8,11-12H2,1-3H3,(H,16,18). The van der Waals surface area contributed by atoms with Crippen molar-refractivity contribution < 1.29 is 9.53 Å². The number of nitrogens with one attached hydrogen (secondary N) is 1. The van der Waals surface area contributed by atoms with Crippen molar-refractivity contribution in [2.45, 2.75) is 26.4 Å². The molecule has 0 spiro atoms. The number of hydrogen-bond acceptors (Lipinski definition) is 3. The van der Waals surface area contributed by atoms with E-state index in [0.717, 1.165) is 19.5 Å². The first-order chi connectivity index (χ1) is 9.19. The molecule has 1 amide bonds. The van der Waals surface area contributed by atoms with Gasteiger partial charge in [0.1, 0.15) is 6.10 Å². The molecule has 0 aliphatic heterocycles. The number of carbonyl (C=O) groups is 1. The summed E-state index contributed by atoms with van der Waals surface area (Å²) in [4.78, 5) is 13.8. The second kappa shape index (κ2) is 8.53. The molecule has 1 rings (SSSR count). The zero-order valence-corrected chi connectivity index (χ0v) is 12.1. The smallest absolute Gasteiger partial charge is 0.248 e. The number of rotatable bonds is 8. The third kappa shape index (κ3) is 5.30. The lowest BCUT2D eigenvalue weighted by atomic mass is 10.2. The lowest BCUT2D eigenvalue weighted by Crippen LogP contribution is -2.36. The summed E-state index contributed by atoms with van der Waals surface area (Å²) in [5.41, 5.74) is 1.22. The molecule has 0 bridgehead atoms. The van der Waals surface area contributed by atoms with Crippen molar-refractivity contribution in [1.29, 1.82) is 0 Å². The van der Waals surface area contributed by atoms with Crippen molar-refractivity contribution in [3.05, 3.63) is 30.3 Å². The molecule has 0 fully saturated rings. The van der Waals surface area contributed by atoms with Crippen molar-refractivity contribution in [2.75, 3.05) is 31.6 Å². The van der Waals surface area contributed by atoms with Gasteiger partial charge in [0.25, 0.3) is 0 Å². The molecule has 0 saturated heterocycles. The average Bonchev–Trinajstić information content (AvgIpc) is 2.47. The minimum absolute atomic E-state index is 0.0507. The highest BCUT2D eigenvalue weighted by molar-refractivity contribution is 5.80. The monoisotopic (exact) mass is 264 g/mol. The van der Waals surface area contributed by atoms with Crippen molar-refractivity contribution in [3.63, 3.8) is 0 Å². The van der Waals surface area contributed by atoms with Gasteiger partial charge in [-0.25, -0.2) is 0 Å². The quantitative estimate of drug-likeness (QED) is 0.731. The Morgan fingerprint density at radius 3 is 2.63 bits per heavy atom. The molecular formula is C15H24N2O2. The molecule has 1 aromatic carbocycles. The molecule has 4 heteroatoms. The van der Waals surface area contributed by atoms with Gasteiger partial charge in [0.05, 0.1) is 0 Å². The van der Waals surface area contributed by atoms with Crippen LogP contribution in [0.15, 0.2) is 30.3 Å². The molecule has 0 aromatic heterocycles. The molecule has 4 nitrogen and oxygen atoms in total. The Morgan fingerprint density at radius 1 is 1.37 bits per heavy atom. The lowest BCUT2D eigenvalue weighted by molar-refractivity contribution is -0.130. The van der Waals surface area contributed by atoms with Gasteiger partial charge >= 0.3 is 0 Å². The molecule has 1 aromatic rings. The fourth-order valence-corrected chi connectivity index (χ4v) is 1.84. The Bertz CT molecular complexity index is 368. The maximum atomic E-state index is 11.5. The SMILES string of the molecule is CCN(CCCNC(=O)C(C)OC)c1ccccc1. The number of para-hydroxylation sites is 1. The minimum atomic E-state index is -0.378. The highest BCUT2D eigenvalue weighted by Gasteiger charge is 2.10. The molecule has 0 saturated carbocycles. The normalized spacial score (nSPS) is 11.9. The van der Waals surface area contributed by atoms with Crippen LogP contribution in [0.4, 0.5) is 5.69 Å². The summed E-state index contributed by atoms with van der Waals surface area (Å²) in [6.07, 6.45) is 0.543. The van der Waals surface area contributed by atoms with Gasteiger partial charge in [-0.05, 0) is 32.4 Å². The molecule has 0 aliphatic rings. The van der Waals surface area contributed by atoms with Gasteiger partial charge in [-0.15, -0.1) is 0 Å². The Labute approximate surface area is 115 Å². The van der Waals surface area contributed by atoms with Crippen LogP contribution in [0.2, 0.25) is 0 Å². The molecule has 0 heterocycles. The Balaban J connectivity index is 2.30. The molecule has 1 unspecified atom stereocenters. The van der Waals surface area contributed by atoms with E-state index in [0.29, 0.717) is 6.54 Å². The van der Waals surface area contributed by atoms with E-state index in [9.17, 15) is 4.79 Å². The van der Waals surface area contributed by atoms with E-state index >= 15 is 0 Å². The van der Waals surface area contributed by atoms with Crippen LogP contribution >= 0.6 is 0 Å². The summed E-state index contributed by atoms with van der Waals surface area (Å²) in [5, 5.41) is 2.87. The second-order valence-electron chi connectivity index (χ2n) is 4.44. The number of ether oxygens (including phenoxy) is 1. The van der Waals surface area contributed by atoms with Crippen molar-refractivity contribution in [3.8, 4) is 0 Å². The number of hydrogen-bond donors (Lipinski definition) is 1. The van der Waals surface area contributed by atoms with Gasteiger partial charge in [0.15, 0.2) is 0 Å². The summed E-state index contributed by atoms with van der Waals surface area (Å²) in [6, 6.07) is 10.3. The Hall–Kier alpha value is -1.55. The van der Waals surface area contributed by atoms with E-state index in [1.807, 2.05) is 18.2 Å². The van der Waals surface area contributed by atoms with Gasteiger partial charge in [-0.3, -0.25) is 4.79 Å². The largest absolute Gasteiger partial charge is 0.372 e. The third-order valence-corrected chi connectivity index (χ3v) is 3.13. The first-order valence-corrected chi connectivity index (χ1v) is 6.79. The van der Waals surface area contributed by atoms with Crippen LogP contribution in [0.1, 0.15) is 20.3 Å². The van der Waals surface area contributed by atoms with Crippen LogP contribution < -0.4 is 10.2 Å². The van der Waals surface area contributed by atoms with Crippen LogP contribution in [0, 0.1) is 0 Å². The first-order valence-electron chi connectivity index (χ1n) is 6.79. The highest BCUT2D eigenvalue weighted by Crippen LogP contribution is 2.12. The Kier molecular flexibility index (Phi) is 6.97. The van der Waals surface area contributed by atoms with Crippen LogP contribution in [-0.2, 0) is 9.53 Å². The number of carbonyl (C=O) groups excluding carboxylic acids is 1. The summed E-state index contributed by atoms with van der Waals surface area (Å²) >= 11 is 0. The third-order valence-electron chi connectivity index (χ3n) is 3.13. The van der Waals surface area contributed by atoms with Crippen molar-refractivity contribution in [2.24, 2.45) is 0 Å². The lowest BCUT2D eigenvalue weighted by Gasteiger charge is -2.23. The van der Waals surface area contributed by atoms with Crippen LogP contribution in [0.25, 0.3) is 0 Å². The minimum Gasteiger partial charge on any atom is -0.372 e. The molecule has 0 radical (unpaired) electrons. The van der Waals surface area contributed by atoms with Crippen LogP contribution in [-0.4, -0.2) is 38.8 Å². The fourth-order valence-electron chi connectivity index (χ4n) is 1.84. The van der Waals surface area contributed by atoms with Gasteiger partial charge in [0.2, 0.25) is 5.91 Å². The molecule has 19 heavy (non-hydrogen) atoms. The maximum Gasteiger partial charge on any atom is 0.248 e. The fraction of sp³-hybridized carbons (Fsp3) is 0.533. The van der Waals surface area contributed by atoms with Crippen LogP contribution in [0.5, 0.6) is 0 Å². The summed E-state index contributed by atoms with van der Waals surface area (Å²) in [5.74, 6) is -0.0507. The number of nitrogens with zero attached hydrogens (tertiary/aromatic N) is 1.